The normalized spacial score (nSPS) is 28.4. The van der Waals surface area contributed by atoms with Crippen LogP contribution in [0.25, 0.3) is 0 Å². The molecule has 0 spiro atoms. The highest BCUT2D eigenvalue weighted by atomic mass is 15.2. The molecule has 0 aromatic heterocycles. The minimum atomic E-state index is 0.357. The van der Waals surface area contributed by atoms with Gasteiger partial charge in [-0.1, -0.05) is 0 Å². The molecule has 2 nitrogen and oxygen atoms in total. The van der Waals surface area contributed by atoms with Crippen molar-refractivity contribution in [1.82, 2.24) is 9.80 Å². The van der Waals surface area contributed by atoms with Gasteiger partial charge in [0.15, 0.2) is 0 Å². The Bertz CT molecular complexity index is 261. The summed E-state index contributed by atoms with van der Waals surface area (Å²) in [4.78, 5) is 5.32. The molecule has 0 N–H and O–H groups in total. The summed E-state index contributed by atoms with van der Waals surface area (Å²) in [5.41, 5.74) is 0.784. The molecule has 2 saturated heterocycles. The summed E-state index contributed by atoms with van der Waals surface area (Å²) in [5.74, 6) is 0.907. The van der Waals surface area contributed by atoms with Crippen molar-refractivity contribution in [2.24, 2.45) is 5.92 Å². The van der Waals surface area contributed by atoms with Crippen LogP contribution in [0.3, 0.4) is 0 Å². The molecular weight excluding hydrogens is 208 g/mol. The Morgan fingerprint density at radius 2 is 1.59 bits per heavy atom. The van der Waals surface area contributed by atoms with Crippen LogP contribution < -0.4 is 0 Å². The van der Waals surface area contributed by atoms with Gasteiger partial charge in [-0.05, 0) is 79.4 Å². The minimum absolute atomic E-state index is 0.357. The first-order valence-electron chi connectivity index (χ1n) is 7.29. The van der Waals surface area contributed by atoms with Gasteiger partial charge in [0, 0.05) is 17.6 Å². The first-order chi connectivity index (χ1) is 7.79. The lowest BCUT2D eigenvalue weighted by Gasteiger charge is -2.46. The Kier molecular flexibility index (Phi) is 3.57. The third-order valence-corrected chi connectivity index (χ3v) is 4.73. The van der Waals surface area contributed by atoms with E-state index in [4.69, 9.17) is 0 Å². The van der Waals surface area contributed by atoms with Gasteiger partial charge in [0.25, 0.3) is 0 Å². The second-order valence-electron chi connectivity index (χ2n) is 7.63. The summed E-state index contributed by atoms with van der Waals surface area (Å²) < 4.78 is 0. The van der Waals surface area contributed by atoms with Crippen molar-refractivity contribution in [2.75, 3.05) is 26.2 Å². The molecule has 0 bridgehead atoms. The lowest BCUT2D eigenvalue weighted by atomic mass is 9.86. The standard InChI is InChI=1S/C15H30N2/c1-14(2,3)17-10-7-13(12-17)11-15(4,5)16-8-6-9-16/h13H,6-12H2,1-5H3. The SMILES string of the molecule is CC(C)(C)N1CCC(CC(C)(C)N2CCC2)C1. The van der Waals surface area contributed by atoms with Crippen LogP contribution in [-0.2, 0) is 0 Å². The second kappa shape index (κ2) is 4.55. The quantitative estimate of drug-likeness (QED) is 0.746. The molecule has 2 rings (SSSR count). The lowest BCUT2D eigenvalue weighted by molar-refractivity contribution is 0.0361. The molecule has 0 aromatic carbocycles. The van der Waals surface area contributed by atoms with E-state index in [0.29, 0.717) is 11.1 Å². The van der Waals surface area contributed by atoms with Crippen LogP contribution in [0.1, 0.15) is 53.9 Å². The Morgan fingerprint density at radius 1 is 0.941 bits per heavy atom. The minimum Gasteiger partial charge on any atom is -0.298 e. The third kappa shape index (κ3) is 3.03. The van der Waals surface area contributed by atoms with E-state index in [1.165, 1.54) is 45.4 Å². The number of nitrogens with zero attached hydrogens (tertiary/aromatic N) is 2. The number of hydrogen-bond donors (Lipinski definition) is 0. The van der Waals surface area contributed by atoms with Gasteiger partial charge in [-0.15, -0.1) is 0 Å². The van der Waals surface area contributed by atoms with Crippen LogP contribution in [0.4, 0.5) is 0 Å². The third-order valence-electron chi connectivity index (χ3n) is 4.73. The predicted octanol–water partition coefficient (Wildman–Crippen LogP) is 2.98. The zero-order chi connectivity index (χ0) is 12.7. The van der Waals surface area contributed by atoms with E-state index in [1.807, 2.05) is 0 Å². The van der Waals surface area contributed by atoms with Gasteiger partial charge in [0.05, 0.1) is 0 Å². The maximum atomic E-state index is 2.66. The molecular formula is C15H30N2. The molecule has 0 aliphatic carbocycles. The number of rotatable bonds is 3. The summed E-state index contributed by atoms with van der Waals surface area (Å²) in [6.07, 6.45) is 4.18. The van der Waals surface area contributed by atoms with Gasteiger partial charge in [0.1, 0.15) is 0 Å². The molecule has 0 aromatic rings. The van der Waals surface area contributed by atoms with Crippen LogP contribution in [0.5, 0.6) is 0 Å². The molecule has 2 fully saturated rings. The largest absolute Gasteiger partial charge is 0.298 e. The van der Waals surface area contributed by atoms with Crippen LogP contribution in [0.2, 0.25) is 0 Å². The summed E-state index contributed by atoms with van der Waals surface area (Å²) in [6, 6.07) is 0. The molecule has 0 amide bonds. The van der Waals surface area contributed by atoms with E-state index in [9.17, 15) is 0 Å². The van der Waals surface area contributed by atoms with Crippen LogP contribution in [0.15, 0.2) is 0 Å². The van der Waals surface area contributed by atoms with E-state index in [-0.39, 0.29) is 0 Å². The molecule has 0 radical (unpaired) electrons. The fraction of sp³-hybridized carbons (Fsp3) is 1.00. The van der Waals surface area contributed by atoms with Gasteiger partial charge < -0.3 is 0 Å². The molecule has 0 saturated carbocycles. The predicted molar refractivity (Wildman–Crippen MR) is 74.3 cm³/mol. The highest BCUT2D eigenvalue weighted by molar-refractivity contribution is 4.92. The summed E-state index contributed by atoms with van der Waals surface area (Å²) >= 11 is 0. The molecule has 2 aliphatic rings. The van der Waals surface area contributed by atoms with Gasteiger partial charge in [-0.25, -0.2) is 0 Å². The maximum Gasteiger partial charge on any atom is 0.0156 e. The molecule has 100 valence electrons. The maximum absolute atomic E-state index is 2.66. The van der Waals surface area contributed by atoms with Gasteiger partial charge in [-0.2, -0.15) is 0 Å². The highest BCUT2D eigenvalue weighted by Gasteiger charge is 2.37. The van der Waals surface area contributed by atoms with E-state index in [1.54, 1.807) is 0 Å². The van der Waals surface area contributed by atoms with Gasteiger partial charge in [0.2, 0.25) is 0 Å². The molecule has 2 aliphatic heterocycles. The Morgan fingerprint density at radius 3 is 2.00 bits per heavy atom. The van der Waals surface area contributed by atoms with Crippen molar-refractivity contribution >= 4 is 0 Å². The van der Waals surface area contributed by atoms with E-state index in [0.717, 1.165) is 5.92 Å². The second-order valence-corrected chi connectivity index (χ2v) is 7.63. The van der Waals surface area contributed by atoms with Crippen molar-refractivity contribution in [3.63, 3.8) is 0 Å². The summed E-state index contributed by atoms with van der Waals surface area (Å²) in [7, 11) is 0. The summed E-state index contributed by atoms with van der Waals surface area (Å²) in [6.45, 7) is 17.1. The van der Waals surface area contributed by atoms with Crippen molar-refractivity contribution in [2.45, 2.75) is 65.0 Å². The number of hydrogen-bond acceptors (Lipinski definition) is 2. The van der Waals surface area contributed by atoms with Crippen LogP contribution >= 0.6 is 0 Å². The first kappa shape index (κ1) is 13.4. The zero-order valence-corrected chi connectivity index (χ0v) is 12.4. The number of likely N-dealkylation sites (tertiary alicyclic amines) is 2. The zero-order valence-electron chi connectivity index (χ0n) is 12.4. The molecule has 1 unspecified atom stereocenters. The average Bonchev–Trinajstić information content (AvgIpc) is 2.45. The molecule has 2 heterocycles. The van der Waals surface area contributed by atoms with Gasteiger partial charge in [-0.3, -0.25) is 9.80 Å². The fourth-order valence-corrected chi connectivity index (χ4v) is 3.37. The van der Waals surface area contributed by atoms with Crippen molar-refractivity contribution in [1.29, 1.82) is 0 Å². The van der Waals surface area contributed by atoms with E-state index in [2.05, 4.69) is 44.4 Å². The fourth-order valence-electron chi connectivity index (χ4n) is 3.37. The van der Waals surface area contributed by atoms with Crippen LogP contribution in [0, 0.1) is 5.92 Å². The molecule has 2 heteroatoms. The lowest BCUT2D eigenvalue weighted by Crippen LogP contribution is -2.52. The van der Waals surface area contributed by atoms with E-state index >= 15 is 0 Å². The van der Waals surface area contributed by atoms with Crippen molar-refractivity contribution in [3.8, 4) is 0 Å². The summed E-state index contributed by atoms with van der Waals surface area (Å²) in [5, 5.41) is 0. The topological polar surface area (TPSA) is 6.48 Å². The Labute approximate surface area is 107 Å². The molecule has 17 heavy (non-hydrogen) atoms. The Hall–Kier alpha value is -0.0800. The first-order valence-corrected chi connectivity index (χ1v) is 7.29. The Balaban J connectivity index is 1.85. The molecule has 1 atom stereocenters. The van der Waals surface area contributed by atoms with Crippen molar-refractivity contribution in [3.05, 3.63) is 0 Å². The van der Waals surface area contributed by atoms with Crippen LogP contribution in [-0.4, -0.2) is 47.1 Å². The average molecular weight is 238 g/mol. The van der Waals surface area contributed by atoms with Gasteiger partial charge >= 0.3 is 0 Å². The van der Waals surface area contributed by atoms with Crippen molar-refractivity contribution < 1.29 is 0 Å². The highest BCUT2D eigenvalue weighted by Crippen LogP contribution is 2.33. The monoisotopic (exact) mass is 238 g/mol. The van der Waals surface area contributed by atoms with E-state index < -0.39 is 0 Å². The smallest absolute Gasteiger partial charge is 0.0156 e.